The fourth-order valence-electron chi connectivity index (χ4n) is 2.74. The van der Waals surface area contributed by atoms with E-state index in [1.54, 1.807) is 30.3 Å². The Balaban J connectivity index is 1.97. The van der Waals surface area contributed by atoms with Crippen LogP contribution in [0.15, 0.2) is 48.5 Å². The van der Waals surface area contributed by atoms with Crippen LogP contribution in [0.25, 0.3) is 0 Å². The number of nitrogens with one attached hydrogen (secondary N) is 1. The summed E-state index contributed by atoms with van der Waals surface area (Å²) in [5.41, 5.74) is 7.70. The minimum Gasteiger partial charge on any atom is -0.366 e. The van der Waals surface area contributed by atoms with Gasteiger partial charge in [0, 0.05) is 24.2 Å². The van der Waals surface area contributed by atoms with Crippen LogP contribution in [0, 0.1) is 0 Å². The summed E-state index contributed by atoms with van der Waals surface area (Å²) in [6.45, 7) is 2.22. The van der Waals surface area contributed by atoms with Crippen molar-refractivity contribution in [3.8, 4) is 0 Å². The van der Waals surface area contributed by atoms with Crippen LogP contribution in [-0.2, 0) is 21.2 Å². The number of amides is 2. The van der Waals surface area contributed by atoms with Crippen LogP contribution in [-0.4, -0.2) is 33.0 Å². The second-order valence-corrected chi connectivity index (χ2v) is 8.36. The van der Waals surface area contributed by atoms with Gasteiger partial charge in [-0.3, -0.25) is 13.9 Å². The second-order valence-electron chi connectivity index (χ2n) is 6.45. The zero-order chi connectivity index (χ0) is 20.7. The Kier molecular flexibility index (Phi) is 7.17. The van der Waals surface area contributed by atoms with Gasteiger partial charge in [-0.05, 0) is 48.7 Å². The minimum atomic E-state index is -3.46. The maximum absolute atomic E-state index is 12.1. The van der Waals surface area contributed by atoms with Gasteiger partial charge in [-0.15, -0.1) is 0 Å². The number of hydrogen-bond donors (Lipinski definition) is 2. The molecule has 28 heavy (non-hydrogen) atoms. The van der Waals surface area contributed by atoms with Gasteiger partial charge >= 0.3 is 0 Å². The van der Waals surface area contributed by atoms with E-state index in [1.807, 2.05) is 19.1 Å². The molecular formula is C20H25N3O4S. The molecule has 0 bridgehead atoms. The molecule has 0 saturated carbocycles. The van der Waals surface area contributed by atoms with Gasteiger partial charge in [0.15, 0.2) is 0 Å². The Hall–Kier alpha value is -2.87. The van der Waals surface area contributed by atoms with Crippen molar-refractivity contribution < 1.29 is 18.0 Å². The van der Waals surface area contributed by atoms with Crippen molar-refractivity contribution in [3.05, 3.63) is 59.7 Å². The molecule has 0 radical (unpaired) electrons. The number of anilines is 2. The molecule has 0 aliphatic carbocycles. The molecule has 0 aliphatic rings. The van der Waals surface area contributed by atoms with E-state index < -0.39 is 15.9 Å². The fraction of sp³-hybridized carbons (Fsp3) is 0.300. The molecule has 2 amide bonds. The number of hydrogen-bond acceptors (Lipinski definition) is 4. The molecule has 2 aromatic rings. The van der Waals surface area contributed by atoms with Gasteiger partial charge < -0.3 is 11.1 Å². The number of carbonyl (C=O) groups excluding carboxylic acids is 2. The summed E-state index contributed by atoms with van der Waals surface area (Å²) in [7, 11) is -3.46. The van der Waals surface area contributed by atoms with Gasteiger partial charge in [-0.1, -0.05) is 25.1 Å². The summed E-state index contributed by atoms with van der Waals surface area (Å²) in [5.74, 6) is -0.842. The molecule has 0 fully saturated rings. The van der Waals surface area contributed by atoms with Crippen molar-refractivity contribution in [2.45, 2.75) is 26.2 Å². The lowest BCUT2D eigenvalue weighted by Crippen LogP contribution is -2.31. The summed E-state index contributed by atoms with van der Waals surface area (Å²) in [6.07, 6.45) is 2.51. The second kappa shape index (κ2) is 9.36. The highest BCUT2D eigenvalue weighted by atomic mass is 32.2. The molecule has 3 N–H and O–H groups in total. The van der Waals surface area contributed by atoms with Crippen LogP contribution in [0.3, 0.4) is 0 Å². The van der Waals surface area contributed by atoms with Crippen LogP contribution < -0.4 is 15.4 Å². The Morgan fingerprint density at radius 1 is 1.11 bits per heavy atom. The number of nitrogens with zero attached hydrogens (tertiary/aromatic N) is 1. The predicted octanol–water partition coefficient (Wildman–Crippen LogP) is 2.53. The number of rotatable bonds is 9. The fourth-order valence-corrected chi connectivity index (χ4v) is 3.71. The number of nitrogens with two attached hydrogens (primary N) is 1. The quantitative estimate of drug-likeness (QED) is 0.670. The molecule has 0 saturated heterocycles. The van der Waals surface area contributed by atoms with Gasteiger partial charge in [-0.2, -0.15) is 0 Å². The Morgan fingerprint density at radius 2 is 1.79 bits per heavy atom. The standard InChI is InChI=1S/C20H25N3O4S/c1-3-15-9-11-18(12-10-15)23(28(2,26)27)13-5-8-19(24)22-17-7-4-6-16(14-17)20(21)25/h4,6-7,9-12,14H,3,5,8,13H2,1-2H3,(H2,21,25)(H,22,24). The third-order valence-electron chi connectivity index (χ3n) is 4.23. The molecule has 0 aromatic heterocycles. The van der Waals surface area contributed by atoms with E-state index in [1.165, 1.54) is 10.4 Å². The SMILES string of the molecule is CCc1ccc(N(CCCC(=O)Nc2cccc(C(N)=O)c2)S(C)(=O)=O)cc1. The first-order chi connectivity index (χ1) is 13.2. The largest absolute Gasteiger partial charge is 0.366 e. The average Bonchev–Trinajstić information content (AvgIpc) is 2.64. The monoisotopic (exact) mass is 403 g/mol. The summed E-state index contributed by atoms with van der Waals surface area (Å²) >= 11 is 0. The summed E-state index contributed by atoms with van der Waals surface area (Å²) in [4.78, 5) is 23.4. The first-order valence-electron chi connectivity index (χ1n) is 8.97. The Bertz CT molecular complexity index is 940. The summed E-state index contributed by atoms with van der Waals surface area (Å²) < 4.78 is 25.6. The van der Waals surface area contributed by atoms with Crippen LogP contribution in [0.4, 0.5) is 11.4 Å². The molecular weight excluding hydrogens is 378 g/mol. The Labute approximate surface area is 165 Å². The van der Waals surface area contributed by atoms with Crippen molar-refractivity contribution in [1.29, 1.82) is 0 Å². The number of primary amides is 1. The molecule has 2 aromatic carbocycles. The molecule has 0 spiro atoms. The first kappa shape index (κ1) is 21.4. The highest BCUT2D eigenvalue weighted by molar-refractivity contribution is 7.92. The van der Waals surface area contributed by atoms with E-state index in [2.05, 4.69) is 5.32 Å². The third kappa shape index (κ3) is 6.09. The van der Waals surface area contributed by atoms with Gasteiger partial charge in [0.2, 0.25) is 21.8 Å². The van der Waals surface area contributed by atoms with Crippen LogP contribution in [0.5, 0.6) is 0 Å². The van der Waals surface area contributed by atoms with Crippen molar-refractivity contribution >= 4 is 33.2 Å². The molecule has 0 atom stereocenters. The normalized spacial score (nSPS) is 11.1. The lowest BCUT2D eigenvalue weighted by atomic mass is 10.1. The number of sulfonamides is 1. The van der Waals surface area contributed by atoms with Crippen molar-refractivity contribution in [2.24, 2.45) is 5.73 Å². The van der Waals surface area contributed by atoms with E-state index >= 15 is 0 Å². The predicted molar refractivity (Wildman–Crippen MR) is 111 cm³/mol. The molecule has 0 unspecified atom stereocenters. The molecule has 7 nitrogen and oxygen atoms in total. The summed E-state index contributed by atoms with van der Waals surface area (Å²) in [6, 6.07) is 13.7. The highest BCUT2D eigenvalue weighted by Crippen LogP contribution is 2.19. The first-order valence-corrected chi connectivity index (χ1v) is 10.8. The van der Waals surface area contributed by atoms with Crippen molar-refractivity contribution in [2.75, 3.05) is 22.4 Å². The van der Waals surface area contributed by atoms with Crippen LogP contribution >= 0.6 is 0 Å². The Morgan fingerprint density at radius 3 is 2.36 bits per heavy atom. The van der Waals surface area contributed by atoms with E-state index in [0.29, 0.717) is 23.4 Å². The van der Waals surface area contributed by atoms with E-state index in [0.717, 1.165) is 18.2 Å². The van der Waals surface area contributed by atoms with E-state index in [9.17, 15) is 18.0 Å². The zero-order valence-corrected chi connectivity index (χ0v) is 16.8. The average molecular weight is 404 g/mol. The van der Waals surface area contributed by atoms with Gasteiger partial charge in [-0.25, -0.2) is 8.42 Å². The lowest BCUT2D eigenvalue weighted by Gasteiger charge is -2.22. The highest BCUT2D eigenvalue weighted by Gasteiger charge is 2.17. The topological polar surface area (TPSA) is 110 Å². The van der Waals surface area contributed by atoms with Gasteiger partial charge in [0.05, 0.1) is 11.9 Å². The molecule has 150 valence electrons. The van der Waals surface area contributed by atoms with Crippen LogP contribution in [0.2, 0.25) is 0 Å². The number of carbonyl (C=O) groups is 2. The van der Waals surface area contributed by atoms with Gasteiger partial charge in [0.25, 0.3) is 0 Å². The zero-order valence-electron chi connectivity index (χ0n) is 16.0. The summed E-state index contributed by atoms with van der Waals surface area (Å²) in [5, 5.41) is 2.69. The number of aryl methyl sites for hydroxylation is 1. The maximum atomic E-state index is 12.1. The maximum Gasteiger partial charge on any atom is 0.248 e. The molecule has 0 aliphatic heterocycles. The minimum absolute atomic E-state index is 0.139. The van der Waals surface area contributed by atoms with Crippen molar-refractivity contribution in [1.82, 2.24) is 0 Å². The third-order valence-corrected chi connectivity index (χ3v) is 5.42. The van der Waals surface area contributed by atoms with E-state index in [-0.39, 0.29) is 18.9 Å². The van der Waals surface area contributed by atoms with Crippen LogP contribution in [0.1, 0.15) is 35.7 Å². The van der Waals surface area contributed by atoms with Gasteiger partial charge in [0.1, 0.15) is 0 Å². The van der Waals surface area contributed by atoms with Crippen molar-refractivity contribution in [3.63, 3.8) is 0 Å². The molecule has 8 heteroatoms. The number of benzene rings is 2. The lowest BCUT2D eigenvalue weighted by molar-refractivity contribution is -0.116. The smallest absolute Gasteiger partial charge is 0.248 e. The van der Waals surface area contributed by atoms with E-state index in [4.69, 9.17) is 5.73 Å². The molecule has 2 rings (SSSR count). The molecule has 0 heterocycles.